The van der Waals surface area contributed by atoms with E-state index in [1.54, 1.807) is 27.4 Å². The van der Waals surface area contributed by atoms with Crippen molar-refractivity contribution in [2.24, 2.45) is 5.92 Å². The van der Waals surface area contributed by atoms with Gasteiger partial charge in [0.05, 0.1) is 17.1 Å². The number of carbonyl (C=O) groups is 1. The van der Waals surface area contributed by atoms with Gasteiger partial charge in [0.2, 0.25) is 15.9 Å². The molecule has 1 saturated heterocycles. The van der Waals surface area contributed by atoms with Crippen molar-refractivity contribution in [3.05, 3.63) is 54.1 Å². The molecule has 2 aliphatic heterocycles. The number of sulfonamides is 1. The third kappa shape index (κ3) is 4.23. The van der Waals surface area contributed by atoms with Crippen molar-refractivity contribution in [3.8, 4) is 5.75 Å². The Morgan fingerprint density at radius 1 is 1.10 bits per heavy atom. The molecule has 2 heterocycles. The standard InChI is InChI=1S/C23H28N2O4S/c1-17-16-25(18(2)26)22-15-21(8-9-23(22)29-17)30(27,28)24-12-10-20(11-13-24)14-19-6-4-3-5-7-19/h3-9,15,17,20H,10-14,16H2,1-2H3. The Hall–Kier alpha value is -2.38. The minimum Gasteiger partial charge on any atom is -0.487 e. The number of piperidine rings is 1. The van der Waals surface area contributed by atoms with Crippen LogP contribution in [-0.4, -0.2) is 44.4 Å². The molecule has 0 saturated carbocycles. The zero-order valence-corrected chi connectivity index (χ0v) is 18.3. The van der Waals surface area contributed by atoms with E-state index in [2.05, 4.69) is 12.1 Å². The number of nitrogens with zero attached hydrogens (tertiary/aromatic N) is 2. The predicted molar refractivity (Wildman–Crippen MR) is 116 cm³/mol. The summed E-state index contributed by atoms with van der Waals surface area (Å²) in [7, 11) is -3.61. The van der Waals surface area contributed by atoms with Gasteiger partial charge in [-0.3, -0.25) is 4.79 Å². The lowest BCUT2D eigenvalue weighted by Gasteiger charge is -2.34. The number of hydrogen-bond donors (Lipinski definition) is 0. The summed E-state index contributed by atoms with van der Waals surface area (Å²) < 4.78 is 33.9. The van der Waals surface area contributed by atoms with E-state index in [1.807, 2.05) is 25.1 Å². The average Bonchev–Trinajstić information content (AvgIpc) is 2.74. The van der Waals surface area contributed by atoms with E-state index in [1.165, 1.54) is 12.5 Å². The van der Waals surface area contributed by atoms with Crippen LogP contribution in [0.25, 0.3) is 0 Å². The molecule has 30 heavy (non-hydrogen) atoms. The molecule has 1 fully saturated rings. The van der Waals surface area contributed by atoms with Crippen molar-refractivity contribution >= 4 is 21.6 Å². The van der Waals surface area contributed by atoms with E-state index in [9.17, 15) is 13.2 Å². The predicted octanol–water partition coefficient (Wildman–Crippen LogP) is 3.46. The summed E-state index contributed by atoms with van der Waals surface area (Å²) >= 11 is 0. The second kappa shape index (κ2) is 8.40. The molecule has 0 aromatic heterocycles. The van der Waals surface area contributed by atoms with Gasteiger partial charge < -0.3 is 9.64 Å². The number of ether oxygens (including phenoxy) is 1. The number of amides is 1. The summed E-state index contributed by atoms with van der Waals surface area (Å²) in [6.45, 7) is 4.82. The molecule has 4 rings (SSSR count). The maximum absolute atomic E-state index is 13.3. The molecular formula is C23H28N2O4S. The Balaban J connectivity index is 1.49. The maximum Gasteiger partial charge on any atom is 0.243 e. The van der Waals surface area contributed by atoms with Crippen molar-refractivity contribution in [1.82, 2.24) is 4.31 Å². The molecule has 0 radical (unpaired) electrons. The molecule has 0 N–H and O–H groups in total. The van der Waals surface area contributed by atoms with Crippen LogP contribution in [0.3, 0.4) is 0 Å². The first kappa shape index (κ1) is 20.9. The van der Waals surface area contributed by atoms with Crippen molar-refractivity contribution in [2.45, 2.75) is 44.1 Å². The number of hydrogen-bond acceptors (Lipinski definition) is 4. The van der Waals surface area contributed by atoms with Crippen LogP contribution in [0, 0.1) is 5.92 Å². The number of carbonyl (C=O) groups excluding carboxylic acids is 1. The molecule has 1 unspecified atom stereocenters. The number of fused-ring (bicyclic) bond motifs is 1. The molecule has 7 heteroatoms. The summed E-state index contributed by atoms with van der Waals surface area (Å²) in [5.74, 6) is 0.914. The first-order valence-electron chi connectivity index (χ1n) is 10.5. The molecule has 0 spiro atoms. The molecule has 1 atom stereocenters. The van der Waals surface area contributed by atoms with Crippen LogP contribution in [0.1, 0.15) is 32.3 Å². The van der Waals surface area contributed by atoms with E-state index < -0.39 is 10.0 Å². The van der Waals surface area contributed by atoms with Gasteiger partial charge in [-0.1, -0.05) is 30.3 Å². The molecular weight excluding hydrogens is 400 g/mol. The average molecular weight is 429 g/mol. The summed E-state index contributed by atoms with van der Waals surface area (Å²) in [6, 6.07) is 15.2. The van der Waals surface area contributed by atoms with E-state index >= 15 is 0 Å². The van der Waals surface area contributed by atoms with Gasteiger partial charge in [-0.2, -0.15) is 4.31 Å². The van der Waals surface area contributed by atoms with Gasteiger partial charge in [0.15, 0.2) is 0 Å². The van der Waals surface area contributed by atoms with Gasteiger partial charge in [0.25, 0.3) is 0 Å². The van der Waals surface area contributed by atoms with Crippen molar-refractivity contribution in [1.29, 1.82) is 0 Å². The second-order valence-corrected chi connectivity index (χ2v) is 10.2. The van der Waals surface area contributed by atoms with Crippen LogP contribution in [0.15, 0.2) is 53.4 Å². The quantitative estimate of drug-likeness (QED) is 0.748. The summed E-state index contributed by atoms with van der Waals surface area (Å²) in [5, 5.41) is 0. The minimum absolute atomic E-state index is 0.123. The minimum atomic E-state index is -3.61. The van der Waals surface area contributed by atoms with E-state index in [-0.39, 0.29) is 16.9 Å². The second-order valence-electron chi connectivity index (χ2n) is 8.22. The highest BCUT2D eigenvalue weighted by Crippen LogP contribution is 2.36. The summed E-state index contributed by atoms with van der Waals surface area (Å²) in [5.41, 5.74) is 1.83. The third-order valence-electron chi connectivity index (χ3n) is 5.95. The molecule has 6 nitrogen and oxygen atoms in total. The first-order valence-corrected chi connectivity index (χ1v) is 11.9. The van der Waals surface area contributed by atoms with Gasteiger partial charge in [0, 0.05) is 20.0 Å². The molecule has 0 bridgehead atoms. The molecule has 160 valence electrons. The normalized spacial score (nSPS) is 20.5. The topological polar surface area (TPSA) is 66.9 Å². The van der Waals surface area contributed by atoms with Gasteiger partial charge in [-0.25, -0.2) is 8.42 Å². The third-order valence-corrected chi connectivity index (χ3v) is 7.84. The molecule has 1 amide bonds. The highest BCUT2D eigenvalue weighted by molar-refractivity contribution is 7.89. The Labute approximate surface area is 178 Å². The van der Waals surface area contributed by atoms with Crippen LogP contribution >= 0.6 is 0 Å². The Morgan fingerprint density at radius 2 is 1.80 bits per heavy atom. The van der Waals surface area contributed by atoms with Crippen LogP contribution < -0.4 is 9.64 Å². The fraction of sp³-hybridized carbons (Fsp3) is 0.435. The van der Waals surface area contributed by atoms with Crippen molar-refractivity contribution < 1.29 is 17.9 Å². The molecule has 2 aromatic carbocycles. The summed E-state index contributed by atoms with van der Waals surface area (Å²) in [4.78, 5) is 13.9. The molecule has 0 aliphatic carbocycles. The lowest BCUT2D eigenvalue weighted by molar-refractivity contribution is -0.117. The molecule has 2 aliphatic rings. The monoisotopic (exact) mass is 428 g/mol. The lowest BCUT2D eigenvalue weighted by Crippen LogP contribution is -2.42. The SMILES string of the molecule is CC(=O)N1CC(C)Oc2ccc(S(=O)(=O)N3CCC(Cc4ccccc4)CC3)cc21. The fourth-order valence-electron chi connectivity index (χ4n) is 4.33. The van der Waals surface area contributed by atoms with Crippen LogP contribution in [0.4, 0.5) is 5.69 Å². The van der Waals surface area contributed by atoms with Crippen LogP contribution in [0.5, 0.6) is 5.75 Å². The van der Waals surface area contributed by atoms with Gasteiger partial charge >= 0.3 is 0 Å². The van der Waals surface area contributed by atoms with Gasteiger partial charge in [-0.15, -0.1) is 0 Å². The lowest BCUT2D eigenvalue weighted by atomic mass is 9.91. The van der Waals surface area contributed by atoms with Crippen LogP contribution in [0.2, 0.25) is 0 Å². The number of rotatable bonds is 4. The Morgan fingerprint density at radius 3 is 2.47 bits per heavy atom. The Bertz CT molecular complexity index is 1010. The van der Waals surface area contributed by atoms with Crippen LogP contribution in [-0.2, 0) is 21.2 Å². The number of benzene rings is 2. The maximum atomic E-state index is 13.3. The van der Waals surface area contributed by atoms with E-state index in [0.717, 1.165) is 19.3 Å². The smallest absolute Gasteiger partial charge is 0.243 e. The van der Waals surface area contributed by atoms with E-state index in [0.29, 0.717) is 37.0 Å². The van der Waals surface area contributed by atoms with Gasteiger partial charge in [-0.05, 0) is 55.9 Å². The van der Waals surface area contributed by atoms with Crippen molar-refractivity contribution in [2.75, 3.05) is 24.5 Å². The van der Waals surface area contributed by atoms with Gasteiger partial charge in [0.1, 0.15) is 11.9 Å². The number of anilines is 1. The summed E-state index contributed by atoms with van der Waals surface area (Å²) in [6.07, 6.45) is 2.54. The first-order chi connectivity index (χ1) is 14.3. The van der Waals surface area contributed by atoms with Crippen molar-refractivity contribution in [3.63, 3.8) is 0 Å². The highest BCUT2D eigenvalue weighted by atomic mass is 32.2. The zero-order chi connectivity index (χ0) is 21.3. The highest BCUT2D eigenvalue weighted by Gasteiger charge is 2.32. The van der Waals surface area contributed by atoms with E-state index in [4.69, 9.17) is 4.74 Å². The fourth-order valence-corrected chi connectivity index (χ4v) is 5.82. The molecule has 2 aromatic rings. The zero-order valence-electron chi connectivity index (χ0n) is 17.5. The largest absolute Gasteiger partial charge is 0.487 e. The Kier molecular flexibility index (Phi) is 5.84.